The van der Waals surface area contributed by atoms with E-state index in [-0.39, 0.29) is 10.0 Å². The molecule has 0 bridgehead atoms. The van der Waals surface area contributed by atoms with Crippen molar-refractivity contribution in [2.45, 2.75) is 0 Å². The van der Waals surface area contributed by atoms with Crippen LogP contribution in [0.5, 0.6) is 0 Å². The number of carbonyl (C=O) groups is 2. The van der Waals surface area contributed by atoms with Gasteiger partial charge >= 0.3 is 11.8 Å². The average molecular weight is 198 g/mol. The molecule has 0 aliphatic heterocycles. The molecule has 0 atom stereocenters. The van der Waals surface area contributed by atoms with Gasteiger partial charge in [-0.3, -0.25) is 4.79 Å². The summed E-state index contributed by atoms with van der Waals surface area (Å²) in [4.78, 5) is 19.4. The Morgan fingerprint density at radius 2 is 2.30 bits per heavy atom. The molecule has 0 heterocycles. The van der Waals surface area contributed by atoms with Gasteiger partial charge in [-0.1, -0.05) is 12.2 Å². The number of hydrogen-bond donors (Lipinski definition) is 1. The monoisotopic (exact) mass is 198 g/mol. The van der Waals surface area contributed by atoms with E-state index in [1.807, 2.05) is 0 Å². The Labute approximate surface area is 70.5 Å². The molecule has 7 heteroatoms. The van der Waals surface area contributed by atoms with E-state index in [2.05, 4.69) is 16.4 Å². The van der Waals surface area contributed by atoms with Crippen LogP contribution >= 0.6 is 36.0 Å². The molecule has 10 heavy (non-hydrogen) atoms. The van der Waals surface area contributed by atoms with Crippen LogP contribution in [0.2, 0.25) is 0 Å². The lowest BCUT2D eigenvalue weighted by atomic mass is 11.6. The van der Waals surface area contributed by atoms with Gasteiger partial charge in [0.25, 0.3) is 0 Å². The van der Waals surface area contributed by atoms with Crippen molar-refractivity contribution in [1.82, 2.24) is 0 Å². The molecule has 0 aromatic rings. The number of carboxylic acid groups (broad SMARTS) is 1. The second kappa shape index (κ2) is 5.51. The van der Waals surface area contributed by atoms with Crippen molar-refractivity contribution < 1.29 is 18.9 Å². The number of thiocarbonyl (C=S) groups is 1. The SMILES string of the molecule is O=COSC(=S)SC(=O)O. The smallest absolute Gasteiger partial charge is 0.371 e. The van der Waals surface area contributed by atoms with Crippen LogP contribution < -0.4 is 0 Å². The maximum atomic E-state index is 9.89. The first kappa shape index (κ1) is 9.73. The van der Waals surface area contributed by atoms with Crippen molar-refractivity contribution >= 4 is 51.3 Å². The van der Waals surface area contributed by atoms with Gasteiger partial charge in [-0.15, -0.1) is 0 Å². The molecule has 0 aromatic carbocycles. The zero-order valence-electron chi connectivity index (χ0n) is 4.47. The molecule has 0 fully saturated rings. The normalized spacial score (nSPS) is 8.40. The first-order chi connectivity index (χ1) is 4.66. The Bertz CT molecular complexity index is 156. The molecule has 4 nitrogen and oxygen atoms in total. The molecular formula is C3H2O4S3. The third-order valence-corrected chi connectivity index (χ3v) is 1.89. The molecule has 0 saturated heterocycles. The third-order valence-electron chi connectivity index (χ3n) is 0.326. The van der Waals surface area contributed by atoms with Crippen LogP contribution in [0.1, 0.15) is 0 Å². The van der Waals surface area contributed by atoms with Crippen LogP contribution in [0.3, 0.4) is 0 Å². The van der Waals surface area contributed by atoms with Gasteiger partial charge in [-0.05, 0) is 0 Å². The van der Waals surface area contributed by atoms with Crippen molar-refractivity contribution in [1.29, 1.82) is 0 Å². The van der Waals surface area contributed by atoms with E-state index in [0.29, 0.717) is 23.8 Å². The van der Waals surface area contributed by atoms with E-state index < -0.39 is 5.30 Å². The highest BCUT2D eigenvalue weighted by Gasteiger charge is 2.05. The first-order valence-electron chi connectivity index (χ1n) is 1.88. The molecule has 0 aliphatic carbocycles. The molecule has 0 rings (SSSR count). The van der Waals surface area contributed by atoms with Crippen molar-refractivity contribution in [2.24, 2.45) is 0 Å². The van der Waals surface area contributed by atoms with Crippen molar-refractivity contribution in [3.05, 3.63) is 0 Å². The summed E-state index contributed by atoms with van der Waals surface area (Å²) in [5.41, 5.74) is 0. The summed E-state index contributed by atoms with van der Waals surface area (Å²) in [7, 11) is 0. The Hall–Kier alpha value is -0.270. The van der Waals surface area contributed by atoms with E-state index in [1.165, 1.54) is 0 Å². The van der Waals surface area contributed by atoms with Crippen LogP contribution in [0.15, 0.2) is 0 Å². The summed E-state index contributed by atoms with van der Waals surface area (Å²) in [6, 6.07) is 0. The lowest BCUT2D eigenvalue weighted by Gasteiger charge is -1.92. The number of carbonyl (C=O) groups excluding carboxylic acids is 1. The van der Waals surface area contributed by atoms with Crippen LogP contribution in [-0.2, 0) is 8.98 Å². The Kier molecular flexibility index (Phi) is 5.36. The van der Waals surface area contributed by atoms with Gasteiger partial charge in [-0.25, -0.2) is 4.79 Å². The van der Waals surface area contributed by atoms with Gasteiger partial charge < -0.3 is 9.29 Å². The summed E-state index contributed by atoms with van der Waals surface area (Å²) in [6.07, 6.45) is 0. The maximum Gasteiger partial charge on any atom is 0.371 e. The summed E-state index contributed by atoms with van der Waals surface area (Å²) in [5, 5.41) is 6.98. The zero-order chi connectivity index (χ0) is 7.98. The highest BCUT2D eigenvalue weighted by molar-refractivity contribution is 8.50. The second-order valence-electron chi connectivity index (χ2n) is 0.894. The minimum Gasteiger partial charge on any atom is -0.473 e. The van der Waals surface area contributed by atoms with Gasteiger partial charge in [0.2, 0.25) is 0 Å². The van der Waals surface area contributed by atoms with Crippen molar-refractivity contribution in [3.8, 4) is 0 Å². The zero-order valence-corrected chi connectivity index (χ0v) is 6.92. The molecule has 0 unspecified atom stereocenters. The number of thioether (sulfide) groups is 1. The summed E-state index contributed by atoms with van der Waals surface area (Å²) >= 11 is 5.43. The third kappa shape index (κ3) is 5.86. The molecule has 0 radical (unpaired) electrons. The maximum absolute atomic E-state index is 9.89. The predicted molar refractivity (Wildman–Crippen MR) is 43.0 cm³/mol. The van der Waals surface area contributed by atoms with E-state index in [0.717, 1.165) is 0 Å². The van der Waals surface area contributed by atoms with Gasteiger partial charge in [-0.2, -0.15) is 0 Å². The molecule has 56 valence electrons. The van der Waals surface area contributed by atoms with Gasteiger partial charge in [0.1, 0.15) is 12.0 Å². The fourth-order valence-corrected chi connectivity index (χ4v) is 1.21. The van der Waals surface area contributed by atoms with E-state index >= 15 is 0 Å². The first-order valence-corrected chi connectivity index (χ1v) is 3.85. The van der Waals surface area contributed by atoms with Gasteiger partial charge in [0.05, 0.1) is 0 Å². The fourth-order valence-electron chi connectivity index (χ4n) is 0.147. The lowest BCUT2D eigenvalue weighted by molar-refractivity contribution is -0.119. The lowest BCUT2D eigenvalue weighted by Crippen LogP contribution is -1.89. The van der Waals surface area contributed by atoms with Crippen LogP contribution in [0.25, 0.3) is 0 Å². The summed E-state index contributed by atoms with van der Waals surface area (Å²) in [5.74, 6) is 0. The molecule has 0 aromatic heterocycles. The highest BCUT2D eigenvalue weighted by atomic mass is 32.2. The predicted octanol–water partition coefficient (Wildman–Crippen LogP) is 1.50. The number of rotatable bonds is 2. The molecule has 0 amide bonds. The van der Waals surface area contributed by atoms with Crippen molar-refractivity contribution in [2.75, 3.05) is 0 Å². The van der Waals surface area contributed by atoms with E-state index in [9.17, 15) is 9.59 Å². The largest absolute Gasteiger partial charge is 0.473 e. The Balaban J connectivity index is 3.43. The molecule has 0 saturated carbocycles. The minimum absolute atomic E-state index is 0.0413. The summed E-state index contributed by atoms with van der Waals surface area (Å²) < 4.78 is 4.15. The van der Waals surface area contributed by atoms with Crippen molar-refractivity contribution in [3.63, 3.8) is 0 Å². The molecular weight excluding hydrogens is 196 g/mol. The van der Waals surface area contributed by atoms with Crippen LogP contribution in [0.4, 0.5) is 4.79 Å². The average Bonchev–Trinajstić information content (AvgIpc) is 1.82. The van der Waals surface area contributed by atoms with Gasteiger partial charge in [0, 0.05) is 11.8 Å². The minimum atomic E-state index is -1.12. The fraction of sp³-hybridized carbons (Fsp3) is 0. The quantitative estimate of drug-likeness (QED) is 0.410. The van der Waals surface area contributed by atoms with E-state index in [1.54, 1.807) is 0 Å². The second-order valence-corrected chi connectivity index (χ2v) is 3.81. The number of hydrogen-bond acceptors (Lipinski definition) is 6. The Morgan fingerprint density at radius 3 is 2.70 bits per heavy atom. The van der Waals surface area contributed by atoms with Crippen LogP contribution in [-0.4, -0.2) is 20.4 Å². The molecule has 0 aliphatic rings. The molecule has 0 spiro atoms. The summed E-state index contributed by atoms with van der Waals surface area (Å²) in [6.45, 7) is 0.180. The van der Waals surface area contributed by atoms with Gasteiger partial charge in [0.15, 0.2) is 3.53 Å². The topological polar surface area (TPSA) is 63.6 Å². The molecule has 1 N–H and O–H groups in total. The Morgan fingerprint density at radius 1 is 1.70 bits per heavy atom. The van der Waals surface area contributed by atoms with Crippen LogP contribution in [0, 0.1) is 0 Å². The van der Waals surface area contributed by atoms with E-state index in [4.69, 9.17) is 5.11 Å². The standard InChI is InChI=1S/C3H2O4S3/c4-1-7-10-3(8)9-2(5)6/h1H,(H,5,6). The highest BCUT2D eigenvalue weighted by Crippen LogP contribution is 2.17.